The van der Waals surface area contributed by atoms with Crippen LogP contribution in [0.15, 0.2) is 36.4 Å². The van der Waals surface area contributed by atoms with Gasteiger partial charge in [-0.05, 0) is 59.1 Å². The summed E-state index contributed by atoms with van der Waals surface area (Å²) in [6.07, 6.45) is 1.04. The third-order valence-corrected chi connectivity index (χ3v) is 7.67. The van der Waals surface area contributed by atoms with E-state index in [-0.39, 0.29) is 6.10 Å². The third kappa shape index (κ3) is 4.81. The zero-order valence-electron chi connectivity index (χ0n) is 22.8. The van der Waals surface area contributed by atoms with E-state index in [4.69, 9.17) is 4.74 Å². The molecule has 1 atom stereocenters. The molecule has 198 valence electrons. The number of benzene rings is 1. The van der Waals surface area contributed by atoms with Crippen LogP contribution in [0.2, 0.25) is 0 Å². The van der Waals surface area contributed by atoms with Crippen LogP contribution in [-0.2, 0) is 6.54 Å². The summed E-state index contributed by atoms with van der Waals surface area (Å²) in [7, 11) is 4.28. The van der Waals surface area contributed by atoms with Crippen LogP contribution in [0.4, 0.5) is 5.69 Å². The Morgan fingerprint density at radius 2 is 1.74 bits per heavy atom. The van der Waals surface area contributed by atoms with Gasteiger partial charge in [-0.2, -0.15) is 19.7 Å². The molecule has 0 aliphatic carbocycles. The molecule has 0 radical (unpaired) electrons. The van der Waals surface area contributed by atoms with Crippen molar-refractivity contribution in [2.75, 3.05) is 45.2 Å². The summed E-state index contributed by atoms with van der Waals surface area (Å²) in [5.41, 5.74) is 5.96. The first-order chi connectivity index (χ1) is 18.3. The van der Waals surface area contributed by atoms with Gasteiger partial charge in [-0.3, -0.25) is 4.90 Å². The predicted octanol–water partition coefficient (Wildman–Crippen LogP) is 2.91. The zero-order valence-corrected chi connectivity index (χ0v) is 22.8. The molecule has 2 aliphatic heterocycles. The topological polar surface area (TPSA) is 87.8 Å². The number of likely N-dealkylation sites (tertiary alicyclic amines) is 1. The minimum absolute atomic E-state index is 0.0915. The molecule has 2 aliphatic rings. The number of fused-ring (bicyclic) bond motifs is 1. The first-order valence-corrected chi connectivity index (χ1v) is 13.3. The van der Waals surface area contributed by atoms with Gasteiger partial charge in [0, 0.05) is 49.9 Å². The number of ether oxygens (including phenoxy) is 1. The van der Waals surface area contributed by atoms with Gasteiger partial charge in [-0.15, -0.1) is 5.10 Å². The van der Waals surface area contributed by atoms with Crippen molar-refractivity contribution in [2.45, 2.75) is 45.9 Å². The maximum atomic E-state index is 6.45. The lowest BCUT2D eigenvalue weighted by molar-refractivity contribution is 0.0562. The number of aromatic nitrogens is 6. The van der Waals surface area contributed by atoms with Gasteiger partial charge in [-0.1, -0.05) is 12.1 Å². The van der Waals surface area contributed by atoms with Crippen molar-refractivity contribution in [2.24, 2.45) is 0 Å². The Balaban J connectivity index is 1.07. The number of nitrogens with zero attached hydrogens (tertiary/aromatic N) is 9. The van der Waals surface area contributed by atoms with E-state index in [1.54, 1.807) is 4.52 Å². The standard InChI is InChI=1S/C28H35N9O/c1-18-27(19(2)37-28(29-18)30-20(3)33-37)38-25-12-13-36(17-25)23-9-6-21(7-10-23)26-11-8-22(31-32-26)14-35-15-24(16-35)34(4)5/h6-11,24-25H,12-17H2,1-5H3/t25-/m1/s1. The highest BCUT2D eigenvalue weighted by molar-refractivity contribution is 5.63. The lowest BCUT2D eigenvalue weighted by atomic mass is 10.1. The lowest BCUT2D eigenvalue weighted by Gasteiger charge is -2.42. The minimum Gasteiger partial charge on any atom is -0.485 e. The van der Waals surface area contributed by atoms with Gasteiger partial charge in [0.15, 0.2) is 5.75 Å². The van der Waals surface area contributed by atoms with E-state index < -0.39 is 0 Å². The molecule has 38 heavy (non-hydrogen) atoms. The van der Waals surface area contributed by atoms with E-state index in [0.29, 0.717) is 17.6 Å². The van der Waals surface area contributed by atoms with Crippen molar-refractivity contribution in [1.82, 2.24) is 39.6 Å². The van der Waals surface area contributed by atoms with Crippen molar-refractivity contribution >= 4 is 11.5 Å². The van der Waals surface area contributed by atoms with Gasteiger partial charge >= 0.3 is 0 Å². The highest BCUT2D eigenvalue weighted by atomic mass is 16.5. The average molecular weight is 514 g/mol. The Kier molecular flexibility index (Phi) is 6.45. The first-order valence-electron chi connectivity index (χ1n) is 13.3. The Bertz CT molecular complexity index is 1430. The largest absolute Gasteiger partial charge is 0.485 e. The average Bonchev–Trinajstić information content (AvgIpc) is 3.50. The predicted molar refractivity (Wildman–Crippen MR) is 146 cm³/mol. The van der Waals surface area contributed by atoms with Crippen LogP contribution in [0, 0.1) is 20.8 Å². The second-order valence-electron chi connectivity index (χ2n) is 10.7. The maximum Gasteiger partial charge on any atom is 0.253 e. The van der Waals surface area contributed by atoms with Crippen molar-refractivity contribution in [3.8, 4) is 17.0 Å². The fourth-order valence-corrected chi connectivity index (χ4v) is 5.32. The van der Waals surface area contributed by atoms with Crippen LogP contribution in [-0.4, -0.2) is 92.0 Å². The Morgan fingerprint density at radius 3 is 2.45 bits per heavy atom. The van der Waals surface area contributed by atoms with Crippen molar-refractivity contribution in [3.63, 3.8) is 0 Å². The van der Waals surface area contributed by atoms with Crippen molar-refractivity contribution in [3.05, 3.63) is 59.3 Å². The molecule has 0 amide bonds. The second kappa shape index (κ2) is 9.92. The molecule has 0 unspecified atom stereocenters. The van der Waals surface area contributed by atoms with Crippen molar-refractivity contribution in [1.29, 1.82) is 0 Å². The molecule has 0 saturated carbocycles. The van der Waals surface area contributed by atoms with E-state index in [1.807, 2.05) is 20.8 Å². The number of rotatable bonds is 7. The van der Waals surface area contributed by atoms with Gasteiger partial charge in [0.2, 0.25) is 0 Å². The molecule has 6 rings (SSSR count). The highest BCUT2D eigenvalue weighted by Gasteiger charge is 2.28. The summed E-state index contributed by atoms with van der Waals surface area (Å²) in [5, 5.41) is 13.4. The van der Waals surface area contributed by atoms with Crippen LogP contribution < -0.4 is 9.64 Å². The Labute approximate surface area is 223 Å². The number of likely N-dealkylation sites (N-methyl/N-ethyl adjacent to an activating group) is 1. The van der Waals surface area contributed by atoms with E-state index in [2.05, 4.69) is 90.5 Å². The molecule has 1 aromatic carbocycles. The van der Waals surface area contributed by atoms with Crippen LogP contribution in [0.25, 0.3) is 17.0 Å². The first kappa shape index (κ1) is 24.7. The van der Waals surface area contributed by atoms with E-state index in [0.717, 1.165) is 73.2 Å². The Hall–Kier alpha value is -3.63. The van der Waals surface area contributed by atoms with E-state index in [9.17, 15) is 0 Å². The molecule has 0 bridgehead atoms. The van der Waals surface area contributed by atoms with Crippen molar-refractivity contribution < 1.29 is 4.74 Å². The molecular weight excluding hydrogens is 478 g/mol. The van der Waals surface area contributed by atoms with Crippen LogP contribution in [0.3, 0.4) is 0 Å². The molecule has 3 aromatic heterocycles. The van der Waals surface area contributed by atoms with Gasteiger partial charge in [0.25, 0.3) is 5.78 Å². The molecule has 10 heteroatoms. The summed E-state index contributed by atoms with van der Waals surface area (Å²) in [5.74, 6) is 2.13. The number of aryl methyl sites for hydroxylation is 3. The number of hydrogen-bond donors (Lipinski definition) is 0. The summed E-state index contributed by atoms with van der Waals surface area (Å²) in [6.45, 7) is 10.7. The molecule has 0 spiro atoms. The highest BCUT2D eigenvalue weighted by Crippen LogP contribution is 2.29. The SMILES string of the molecule is Cc1nc2nc(C)c(O[C@@H]3CCN(c4ccc(-c5ccc(CN6CC(N(C)C)C6)nn5)cc4)C3)c(C)n2n1. The summed E-state index contributed by atoms with van der Waals surface area (Å²) >= 11 is 0. The summed E-state index contributed by atoms with van der Waals surface area (Å²) < 4.78 is 8.22. The molecule has 0 N–H and O–H groups in total. The number of hydrogen-bond acceptors (Lipinski definition) is 9. The summed E-state index contributed by atoms with van der Waals surface area (Å²) in [6, 6.07) is 13.4. The van der Waals surface area contributed by atoms with E-state index >= 15 is 0 Å². The van der Waals surface area contributed by atoms with Gasteiger partial charge in [0.05, 0.1) is 29.3 Å². The smallest absolute Gasteiger partial charge is 0.253 e. The molecule has 10 nitrogen and oxygen atoms in total. The zero-order chi connectivity index (χ0) is 26.4. The van der Waals surface area contributed by atoms with Crippen LogP contribution >= 0.6 is 0 Å². The molecule has 2 saturated heterocycles. The number of anilines is 1. The molecule has 5 heterocycles. The van der Waals surface area contributed by atoms with Crippen LogP contribution in [0.5, 0.6) is 5.75 Å². The van der Waals surface area contributed by atoms with Gasteiger partial charge < -0.3 is 14.5 Å². The molecule has 2 fully saturated rings. The second-order valence-corrected chi connectivity index (χ2v) is 10.7. The van der Waals surface area contributed by atoms with Gasteiger partial charge in [-0.25, -0.2) is 4.98 Å². The van der Waals surface area contributed by atoms with Gasteiger partial charge in [0.1, 0.15) is 11.9 Å². The minimum atomic E-state index is 0.0915. The fraction of sp³-hybridized carbons (Fsp3) is 0.464. The van der Waals surface area contributed by atoms with Crippen LogP contribution in [0.1, 0.15) is 29.3 Å². The quantitative estimate of drug-likeness (QED) is 0.370. The maximum absolute atomic E-state index is 6.45. The fourth-order valence-electron chi connectivity index (χ4n) is 5.32. The van der Waals surface area contributed by atoms with E-state index in [1.165, 1.54) is 5.69 Å². The third-order valence-electron chi connectivity index (χ3n) is 7.67. The Morgan fingerprint density at radius 1 is 0.947 bits per heavy atom. The molecular formula is C28H35N9O. The normalized spacial score (nSPS) is 18.5. The monoisotopic (exact) mass is 513 g/mol. The summed E-state index contributed by atoms with van der Waals surface area (Å²) in [4.78, 5) is 16.0. The lowest BCUT2D eigenvalue weighted by Crippen LogP contribution is -2.56. The molecule has 4 aromatic rings.